The molecule has 18 heavy (non-hydrogen) atoms. The Hall–Kier alpha value is -1.53. The van der Waals surface area contributed by atoms with Crippen LogP contribution in [-0.2, 0) is 4.79 Å². The maximum absolute atomic E-state index is 13.3. The number of carbonyl (C=O) groups is 1. The van der Waals surface area contributed by atoms with Gasteiger partial charge in [0.15, 0.2) is 0 Å². The molecule has 0 spiro atoms. The third kappa shape index (κ3) is 2.83. The van der Waals surface area contributed by atoms with Gasteiger partial charge in [0.1, 0.15) is 17.3 Å². The van der Waals surface area contributed by atoms with E-state index in [1.54, 1.807) is 0 Å². The van der Waals surface area contributed by atoms with Crippen molar-refractivity contribution < 1.29 is 13.6 Å². The first-order valence-corrected chi connectivity index (χ1v) is 5.72. The van der Waals surface area contributed by atoms with Crippen molar-refractivity contribution in [1.82, 2.24) is 10.2 Å². The van der Waals surface area contributed by atoms with Crippen LogP contribution in [0.4, 0.5) is 14.5 Å². The van der Waals surface area contributed by atoms with E-state index in [1.165, 1.54) is 6.07 Å². The van der Waals surface area contributed by atoms with Gasteiger partial charge in [0.25, 0.3) is 0 Å². The lowest BCUT2D eigenvalue weighted by molar-refractivity contribution is -0.117. The molecule has 0 radical (unpaired) electrons. The van der Waals surface area contributed by atoms with E-state index in [4.69, 9.17) is 0 Å². The number of amides is 1. The lowest BCUT2D eigenvalue weighted by Crippen LogP contribution is -2.57. The molecular formula is C12H15F2N3O. The number of hydrogen-bond acceptors (Lipinski definition) is 3. The SMILES string of the molecule is CN(CC(=O)Nc1c(F)cccc1F)C1CNC1. The molecule has 1 aromatic rings. The van der Waals surface area contributed by atoms with Gasteiger partial charge < -0.3 is 10.6 Å². The summed E-state index contributed by atoms with van der Waals surface area (Å²) in [5.41, 5.74) is -0.386. The molecule has 1 saturated heterocycles. The summed E-state index contributed by atoms with van der Waals surface area (Å²) in [6.45, 7) is 1.77. The van der Waals surface area contributed by atoms with E-state index >= 15 is 0 Å². The van der Waals surface area contributed by atoms with Crippen LogP contribution in [0, 0.1) is 11.6 Å². The van der Waals surface area contributed by atoms with Crippen LogP contribution in [0.2, 0.25) is 0 Å². The molecular weight excluding hydrogens is 240 g/mol. The fraction of sp³-hybridized carbons (Fsp3) is 0.417. The number of hydrogen-bond donors (Lipinski definition) is 2. The summed E-state index contributed by atoms with van der Waals surface area (Å²) in [5, 5.41) is 5.35. The number of nitrogens with one attached hydrogen (secondary N) is 2. The van der Waals surface area contributed by atoms with Crippen molar-refractivity contribution in [2.75, 3.05) is 32.0 Å². The highest BCUT2D eigenvalue weighted by Crippen LogP contribution is 2.17. The highest BCUT2D eigenvalue weighted by atomic mass is 19.1. The van der Waals surface area contributed by atoms with Gasteiger partial charge in [-0.15, -0.1) is 0 Å². The lowest BCUT2D eigenvalue weighted by atomic mass is 10.1. The summed E-state index contributed by atoms with van der Waals surface area (Å²) >= 11 is 0. The fourth-order valence-electron chi connectivity index (χ4n) is 1.74. The van der Waals surface area contributed by atoms with E-state index in [-0.39, 0.29) is 12.2 Å². The molecule has 0 atom stereocenters. The predicted octanol–water partition coefficient (Wildman–Crippen LogP) is 0.807. The number of para-hydroxylation sites is 1. The summed E-state index contributed by atoms with van der Waals surface area (Å²) < 4.78 is 26.6. The molecule has 0 unspecified atom stereocenters. The number of carbonyl (C=O) groups excluding carboxylic acids is 1. The van der Waals surface area contributed by atoms with E-state index in [9.17, 15) is 13.6 Å². The quantitative estimate of drug-likeness (QED) is 0.836. The number of likely N-dealkylation sites (N-methyl/N-ethyl adjacent to an activating group) is 1. The monoisotopic (exact) mass is 255 g/mol. The van der Waals surface area contributed by atoms with Gasteiger partial charge in [0.2, 0.25) is 5.91 Å². The first-order chi connectivity index (χ1) is 8.58. The zero-order valence-electron chi connectivity index (χ0n) is 10.0. The number of anilines is 1. The van der Waals surface area contributed by atoms with Crippen LogP contribution in [0.5, 0.6) is 0 Å². The molecule has 1 aliphatic heterocycles. The molecule has 0 saturated carbocycles. The predicted molar refractivity (Wildman–Crippen MR) is 64.3 cm³/mol. The second-order valence-corrected chi connectivity index (χ2v) is 4.37. The summed E-state index contributed by atoms with van der Waals surface area (Å²) in [4.78, 5) is 13.5. The first-order valence-electron chi connectivity index (χ1n) is 5.72. The topological polar surface area (TPSA) is 44.4 Å². The Morgan fingerprint density at radius 2 is 2.06 bits per heavy atom. The second kappa shape index (κ2) is 5.41. The van der Waals surface area contributed by atoms with E-state index in [1.807, 2.05) is 11.9 Å². The van der Waals surface area contributed by atoms with Crippen LogP contribution in [0.25, 0.3) is 0 Å². The molecule has 2 rings (SSSR count). The van der Waals surface area contributed by atoms with Crippen LogP contribution in [-0.4, -0.2) is 43.5 Å². The Kier molecular flexibility index (Phi) is 3.88. The lowest BCUT2D eigenvalue weighted by Gasteiger charge is -2.35. The smallest absolute Gasteiger partial charge is 0.238 e. The molecule has 1 aliphatic rings. The standard InChI is InChI=1S/C12H15F2N3O/c1-17(8-5-15-6-8)7-11(18)16-12-9(13)3-2-4-10(12)14/h2-4,8,15H,5-7H2,1H3,(H,16,18). The van der Waals surface area contributed by atoms with Gasteiger partial charge >= 0.3 is 0 Å². The van der Waals surface area contributed by atoms with Crippen LogP contribution in [0.3, 0.4) is 0 Å². The third-order valence-electron chi connectivity index (χ3n) is 3.00. The van der Waals surface area contributed by atoms with Crippen molar-refractivity contribution in [3.05, 3.63) is 29.8 Å². The van der Waals surface area contributed by atoms with Crippen molar-refractivity contribution >= 4 is 11.6 Å². The zero-order valence-corrected chi connectivity index (χ0v) is 10.0. The van der Waals surface area contributed by atoms with Crippen LogP contribution >= 0.6 is 0 Å². The van der Waals surface area contributed by atoms with E-state index in [2.05, 4.69) is 10.6 Å². The van der Waals surface area contributed by atoms with Crippen molar-refractivity contribution in [2.24, 2.45) is 0 Å². The molecule has 4 nitrogen and oxygen atoms in total. The Morgan fingerprint density at radius 3 is 2.56 bits per heavy atom. The third-order valence-corrected chi connectivity index (χ3v) is 3.00. The molecule has 0 aromatic heterocycles. The first kappa shape index (κ1) is 12.9. The van der Waals surface area contributed by atoms with Gasteiger partial charge in [-0.3, -0.25) is 9.69 Å². The molecule has 2 N–H and O–H groups in total. The molecule has 0 aliphatic carbocycles. The molecule has 1 amide bonds. The van der Waals surface area contributed by atoms with Gasteiger partial charge in [-0.05, 0) is 19.2 Å². The van der Waals surface area contributed by atoms with Crippen molar-refractivity contribution in [3.8, 4) is 0 Å². The van der Waals surface area contributed by atoms with Crippen molar-refractivity contribution in [3.63, 3.8) is 0 Å². The number of nitrogens with zero attached hydrogens (tertiary/aromatic N) is 1. The average molecular weight is 255 g/mol. The fourth-order valence-corrected chi connectivity index (χ4v) is 1.74. The highest BCUT2D eigenvalue weighted by Gasteiger charge is 2.23. The van der Waals surface area contributed by atoms with E-state index in [0.717, 1.165) is 25.2 Å². The molecule has 1 fully saturated rings. The minimum Gasteiger partial charge on any atom is -0.320 e. The summed E-state index contributed by atoms with van der Waals surface area (Å²) in [7, 11) is 1.81. The zero-order chi connectivity index (χ0) is 13.1. The minimum absolute atomic E-state index is 0.111. The largest absolute Gasteiger partial charge is 0.320 e. The van der Waals surface area contributed by atoms with Crippen LogP contribution in [0.15, 0.2) is 18.2 Å². The Balaban J connectivity index is 1.94. The minimum atomic E-state index is -0.767. The van der Waals surface area contributed by atoms with Gasteiger partial charge in [0.05, 0.1) is 6.54 Å². The maximum atomic E-state index is 13.3. The highest BCUT2D eigenvalue weighted by molar-refractivity contribution is 5.92. The molecule has 1 aromatic carbocycles. The number of rotatable bonds is 4. The summed E-state index contributed by atoms with van der Waals surface area (Å²) in [6.07, 6.45) is 0. The van der Waals surface area contributed by atoms with Crippen LogP contribution in [0.1, 0.15) is 0 Å². The summed E-state index contributed by atoms with van der Waals surface area (Å²) in [6, 6.07) is 3.78. The van der Waals surface area contributed by atoms with Gasteiger partial charge in [-0.1, -0.05) is 6.07 Å². The molecule has 0 bridgehead atoms. The van der Waals surface area contributed by atoms with Crippen LogP contribution < -0.4 is 10.6 Å². The van der Waals surface area contributed by atoms with Gasteiger partial charge in [-0.25, -0.2) is 8.78 Å². The summed E-state index contributed by atoms with van der Waals surface area (Å²) in [5.74, 6) is -1.96. The van der Waals surface area contributed by atoms with Crippen molar-refractivity contribution in [2.45, 2.75) is 6.04 Å². The molecule has 98 valence electrons. The van der Waals surface area contributed by atoms with Gasteiger partial charge in [-0.2, -0.15) is 0 Å². The molecule has 1 heterocycles. The number of halogens is 2. The molecule has 6 heteroatoms. The Bertz CT molecular complexity index is 429. The Labute approximate surface area is 104 Å². The second-order valence-electron chi connectivity index (χ2n) is 4.37. The van der Waals surface area contributed by atoms with E-state index < -0.39 is 17.5 Å². The Morgan fingerprint density at radius 1 is 1.44 bits per heavy atom. The van der Waals surface area contributed by atoms with Crippen molar-refractivity contribution in [1.29, 1.82) is 0 Å². The van der Waals surface area contributed by atoms with E-state index in [0.29, 0.717) is 6.04 Å². The average Bonchev–Trinajstić information content (AvgIpc) is 2.21. The maximum Gasteiger partial charge on any atom is 0.238 e. The normalized spacial score (nSPS) is 15.6. The number of benzene rings is 1. The van der Waals surface area contributed by atoms with Gasteiger partial charge in [0, 0.05) is 19.1 Å².